The van der Waals surface area contributed by atoms with Crippen LogP contribution in [0.2, 0.25) is 0 Å². The standard InChI is InChI=1S/C81H159NO5/c1-3-5-7-9-11-13-15-17-19-21-22-23-24-30-33-36-39-42-45-49-53-57-61-65-69-73-79(84)78(77-83)82-80(85)74-70-66-62-58-54-50-46-43-40-37-34-31-28-26-25-27-29-32-35-38-41-44-48-52-56-60-64-68-72-76-87-81(86)75-71-67-63-59-55-51-47-20-18-16-14-12-10-8-6-4-2/h69,73,78-79,83-84H,3-68,70-72,74-77H2,1-2H3,(H,82,85)/b73-69+. The second kappa shape index (κ2) is 77.1. The lowest BCUT2D eigenvalue weighted by molar-refractivity contribution is -0.143. The smallest absolute Gasteiger partial charge is 0.305 e. The van der Waals surface area contributed by atoms with Crippen molar-refractivity contribution >= 4 is 11.9 Å². The Morgan fingerprint density at radius 3 is 0.782 bits per heavy atom. The quantitative estimate of drug-likeness (QED) is 0.0320. The number of nitrogens with one attached hydrogen (secondary N) is 1. The van der Waals surface area contributed by atoms with E-state index in [9.17, 15) is 19.8 Å². The third-order valence-corrected chi connectivity index (χ3v) is 19.3. The molecule has 0 aliphatic carbocycles. The van der Waals surface area contributed by atoms with Crippen LogP contribution in [0.1, 0.15) is 470 Å². The van der Waals surface area contributed by atoms with E-state index in [0.29, 0.717) is 19.4 Å². The molecular weight excluding hydrogens is 1070 g/mol. The Labute approximate surface area is 546 Å². The predicted octanol–water partition coefficient (Wildman–Crippen LogP) is 26.7. The molecule has 0 radical (unpaired) electrons. The third kappa shape index (κ3) is 73.5. The molecule has 0 bridgehead atoms. The SMILES string of the molecule is CCCCCCCCCCCCCCCCCCCCCCCCC/C=C/C(O)C(CO)NC(=O)CCCCCCCCCCCCCCCCCCCCCCCCCCCCCCCOC(=O)CCCCCCCCCCCCCCCCCC. The predicted molar refractivity (Wildman–Crippen MR) is 384 cm³/mol. The van der Waals surface area contributed by atoms with Gasteiger partial charge in [-0.2, -0.15) is 0 Å². The van der Waals surface area contributed by atoms with Crippen molar-refractivity contribution in [1.29, 1.82) is 0 Å². The Hall–Kier alpha value is -1.40. The van der Waals surface area contributed by atoms with E-state index >= 15 is 0 Å². The summed E-state index contributed by atoms with van der Waals surface area (Å²) >= 11 is 0. The lowest BCUT2D eigenvalue weighted by atomic mass is 10.0. The number of ether oxygens (including phenoxy) is 1. The number of esters is 1. The zero-order valence-corrected chi connectivity index (χ0v) is 59.5. The number of aliphatic hydroxyl groups excluding tert-OH is 2. The number of amides is 1. The second-order valence-corrected chi connectivity index (χ2v) is 28.1. The van der Waals surface area contributed by atoms with Crippen LogP contribution in [0.15, 0.2) is 12.2 Å². The molecule has 0 saturated heterocycles. The van der Waals surface area contributed by atoms with Crippen molar-refractivity contribution in [2.45, 2.75) is 482 Å². The summed E-state index contributed by atoms with van der Waals surface area (Å²) in [6.07, 6.45) is 97.7. The van der Waals surface area contributed by atoms with Gasteiger partial charge in [0.25, 0.3) is 0 Å². The van der Waals surface area contributed by atoms with Crippen LogP contribution in [-0.2, 0) is 14.3 Å². The zero-order valence-electron chi connectivity index (χ0n) is 59.5. The van der Waals surface area contributed by atoms with Gasteiger partial charge in [-0.3, -0.25) is 9.59 Å². The molecule has 0 heterocycles. The molecule has 1 amide bonds. The summed E-state index contributed by atoms with van der Waals surface area (Å²) < 4.78 is 5.51. The summed E-state index contributed by atoms with van der Waals surface area (Å²) in [5, 5.41) is 23.3. The van der Waals surface area contributed by atoms with Gasteiger partial charge in [0.1, 0.15) is 0 Å². The highest BCUT2D eigenvalue weighted by molar-refractivity contribution is 5.76. The number of hydrogen-bond donors (Lipinski definition) is 3. The zero-order chi connectivity index (χ0) is 62.8. The molecule has 0 aromatic rings. The van der Waals surface area contributed by atoms with Crippen LogP contribution in [0.5, 0.6) is 0 Å². The maximum absolute atomic E-state index is 12.6. The summed E-state index contributed by atoms with van der Waals surface area (Å²) in [6, 6.07) is -0.626. The van der Waals surface area contributed by atoms with E-state index in [2.05, 4.69) is 19.2 Å². The number of carbonyl (C=O) groups is 2. The normalized spacial score (nSPS) is 12.5. The van der Waals surface area contributed by atoms with Gasteiger partial charge < -0.3 is 20.3 Å². The largest absolute Gasteiger partial charge is 0.466 e. The molecule has 0 rings (SSSR count). The van der Waals surface area contributed by atoms with E-state index in [1.807, 2.05) is 6.08 Å². The molecule has 6 nitrogen and oxygen atoms in total. The number of carbonyl (C=O) groups excluding carboxylic acids is 2. The molecule has 0 aliphatic rings. The van der Waals surface area contributed by atoms with E-state index in [-0.39, 0.29) is 18.5 Å². The maximum Gasteiger partial charge on any atom is 0.305 e. The summed E-state index contributed by atoms with van der Waals surface area (Å²) in [5.74, 6) is -0.0343. The number of rotatable bonds is 77. The van der Waals surface area contributed by atoms with Crippen LogP contribution >= 0.6 is 0 Å². The molecule has 0 saturated carbocycles. The second-order valence-electron chi connectivity index (χ2n) is 28.1. The molecule has 518 valence electrons. The lowest BCUT2D eigenvalue weighted by Gasteiger charge is -2.20. The molecule has 6 heteroatoms. The first kappa shape index (κ1) is 85.6. The lowest BCUT2D eigenvalue weighted by Crippen LogP contribution is -2.45. The first-order valence-electron chi connectivity index (χ1n) is 40.5. The van der Waals surface area contributed by atoms with Crippen molar-refractivity contribution in [1.82, 2.24) is 5.32 Å². The van der Waals surface area contributed by atoms with E-state index in [0.717, 1.165) is 38.5 Å². The number of aliphatic hydroxyl groups is 2. The van der Waals surface area contributed by atoms with Crippen molar-refractivity contribution in [3.8, 4) is 0 Å². The average Bonchev–Trinajstić information content (AvgIpc) is 3.54. The number of unbranched alkanes of at least 4 members (excludes halogenated alkanes) is 66. The first-order chi connectivity index (χ1) is 43.0. The summed E-state index contributed by atoms with van der Waals surface area (Å²) in [5.41, 5.74) is 0. The molecule has 0 aromatic heterocycles. The summed E-state index contributed by atoms with van der Waals surface area (Å²) in [6.45, 7) is 4.97. The highest BCUT2D eigenvalue weighted by atomic mass is 16.5. The van der Waals surface area contributed by atoms with Crippen molar-refractivity contribution in [2.75, 3.05) is 13.2 Å². The Balaban J connectivity index is 3.35. The van der Waals surface area contributed by atoms with E-state index in [4.69, 9.17) is 4.74 Å². The molecule has 0 spiro atoms. The van der Waals surface area contributed by atoms with Gasteiger partial charge in [-0.05, 0) is 32.1 Å². The molecule has 3 N–H and O–H groups in total. The van der Waals surface area contributed by atoms with Crippen molar-refractivity contribution in [3.05, 3.63) is 12.2 Å². The molecule has 0 fully saturated rings. The van der Waals surface area contributed by atoms with Gasteiger partial charge in [0.05, 0.1) is 25.4 Å². The fourth-order valence-electron chi connectivity index (χ4n) is 13.2. The topological polar surface area (TPSA) is 95.9 Å². The summed E-state index contributed by atoms with van der Waals surface area (Å²) in [4.78, 5) is 24.7. The van der Waals surface area contributed by atoms with Crippen LogP contribution < -0.4 is 5.32 Å². The van der Waals surface area contributed by atoms with Crippen LogP contribution in [-0.4, -0.2) is 47.4 Å². The first-order valence-corrected chi connectivity index (χ1v) is 40.5. The molecule has 2 unspecified atom stereocenters. The Bertz CT molecular complexity index is 1320. The third-order valence-electron chi connectivity index (χ3n) is 19.3. The van der Waals surface area contributed by atoms with Gasteiger partial charge in [0.15, 0.2) is 0 Å². The summed E-state index contributed by atoms with van der Waals surface area (Å²) in [7, 11) is 0. The number of hydrogen-bond acceptors (Lipinski definition) is 5. The van der Waals surface area contributed by atoms with Crippen LogP contribution in [0.25, 0.3) is 0 Å². The van der Waals surface area contributed by atoms with Crippen molar-refractivity contribution in [2.24, 2.45) is 0 Å². The van der Waals surface area contributed by atoms with Gasteiger partial charge in [-0.1, -0.05) is 437 Å². The minimum atomic E-state index is -0.843. The Morgan fingerprint density at radius 1 is 0.310 bits per heavy atom. The highest BCUT2D eigenvalue weighted by Crippen LogP contribution is 2.20. The molecule has 87 heavy (non-hydrogen) atoms. The van der Waals surface area contributed by atoms with Gasteiger partial charge in [0, 0.05) is 12.8 Å². The average molecular weight is 1230 g/mol. The molecular formula is C81H159NO5. The van der Waals surface area contributed by atoms with Gasteiger partial charge in [0.2, 0.25) is 5.91 Å². The molecule has 2 atom stereocenters. The van der Waals surface area contributed by atoms with E-state index in [1.54, 1.807) is 6.08 Å². The van der Waals surface area contributed by atoms with Crippen molar-refractivity contribution in [3.63, 3.8) is 0 Å². The Morgan fingerprint density at radius 2 is 0.529 bits per heavy atom. The van der Waals surface area contributed by atoms with E-state index < -0.39 is 12.1 Å². The van der Waals surface area contributed by atoms with E-state index in [1.165, 1.54) is 405 Å². The van der Waals surface area contributed by atoms with Gasteiger partial charge in [-0.25, -0.2) is 0 Å². The van der Waals surface area contributed by atoms with Crippen molar-refractivity contribution < 1.29 is 24.5 Å². The Kier molecular flexibility index (Phi) is 75.8. The minimum absolute atomic E-state index is 0.0241. The van der Waals surface area contributed by atoms with Crippen LogP contribution in [0.4, 0.5) is 0 Å². The molecule has 0 aromatic carbocycles. The van der Waals surface area contributed by atoms with Gasteiger partial charge >= 0.3 is 5.97 Å². The molecule has 0 aliphatic heterocycles. The minimum Gasteiger partial charge on any atom is -0.466 e. The van der Waals surface area contributed by atoms with Crippen LogP contribution in [0, 0.1) is 0 Å². The number of allylic oxidation sites excluding steroid dienone is 1. The highest BCUT2D eigenvalue weighted by Gasteiger charge is 2.18. The maximum atomic E-state index is 12.6. The monoisotopic (exact) mass is 1230 g/mol. The van der Waals surface area contributed by atoms with Crippen LogP contribution in [0.3, 0.4) is 0 Å². The van der Waals surface area contributed by atoms with Gasteiger partial charge in [-0.15, -0.1) is 0 Å². The fourth-order valence-corrected chi connectivity index (χ4v) is 13.2. The fraction of sp³-hybridized carbons (Fsp3) is 0.951.